The van der Waals surface area contributed by atoms with Crippen molar-refractivity contribution in [1.29, 1.82) is 0 Å². The van der Waals surface area contributed by atoms with Gasteiger partial charge in [0.15, 0.2) is 5.82 Å². The van der Waals surface area contributed by atoms with Crippen LogP contribution in [0.15, 0.2) is 54.7 Å². The van der Waals surface area contributed by atoms with E-state index in [0.29, 0.717) is 10.2 Å². The molecule has 2 aromatic heterocycles. The molecule has 0 unspecified atom stereocenters. The Morgan fingerprint density at radius 2 is 1.83 bits per heavy atom. The average molecular weight is 435 g/mol. The van der Waals surface area contributed by atoms with E-state index in [-0.39, 0.29) is 0 Å². The van der Waals surface area contributed by atoms with E-state index >= 15 is 0 Å². The highest BCUT2D eigenvalue weighted by atomic mass is 35.5. The van der Waals surface area contributed by atoms with Crippen molar-refractivity contribution in [3.05, 3.63) is 87.3 Å². The molecule has 3 heterocycles. The molecule has 0 amide bonds. The first kappa shape index (κ1) is 19.4. The van der Waals surface area contributed by atoms with Crippen LogP contribution in [0, 0.1) is 6.92 Å². The summed E-state index contributed by atoms with van der Waals surface area (Å²) in [6.45, 7) is 4.55. The van der Waals surface area contributed by atoms with Crippen LogP contribution in [0.3, 0.4) is 0 Å². The zero-order valence-corrected chi connectivity index (χ0v) is 18.1. The predicted octanol–water partition coefficient (Wildman–Crippen LogP) is 5.87. The standard InChI is InChI=1S/C24H20Cl2N4/c1-15-2-3-17-11-18(23(26)28-22(17)10-15)13-30-9-8-21-19(14-30)12-27-24(29-21)16-4-6-20(25)7-5-16/h2-7,10-12H,8-9,13-14H2,1H3. The van der Waals surface area contributed by atoms with Crippen molar-refractivity contribution >= 4 is 34.1 Å². The van der Waals surface area contributed by atoms with Gasteiger partial charge < -0.3 is 0 Å². The molecule has 4 nitrogen and oxygen atoms in total. The SMILES string of the molecule is Cc1ccc2cc(CN3CCc4nc(-c5ccc(Cl)cc5)ncc4C3)c(Cl)nc2c1. The number of nitrogens with zero attached hydrogens (tertiary/aromatic N) is 4. The first-order chi connectivity index (χ1) is 14.5. The zero-order valence-electron chi connectivity index (χ0n) is 16.6. The molecule has 0 spiro atoms. The molecule has 0 N–H and O–H groups in total. The molecule has 0 bridgehead atoms. The number of hydrogen-bond donors (Lipinski definition) is 0. The van der Waals surface area contributed by atoms with Gasteiger partial charge in [0, 0.05) is 59.4 Å². The molecule has 0 atom stereocenters. The summed E-state index contributed by atoms with van der Waals surface area (Å²) < 4.78 is 0. The highest BCUT2D eigenvalue weighted by Crippen LogP contribution is 2.26. The van der Waals surface area contributed by atoms with Crippen molar-refractivity contribution in [3.8, 4) is 11.4 Å². The van der Waals surface area contributed by atoms with E-state index in [1.165, 1.54) is 11.1 Å². The molecule has 0 aliphatic carbocycles. The lowest BCUT2D eigenvalue weighted by molar-refractivity contribution is 0.243. The number of aryl methyl sites for hydroxylation is 1. The number of fused-ring (bicyclic) bond motifs is 2. The van der Waals surface area contributed by atoms with Crippen LogP contribution < -0.4 is 0 Å². The summed E-state index contributed by atoms with van der Waals surface area (Å²) in [7, 11) is 0. The minimum Gasteiger partial charge on any atom is -0.294 e. The number of hydrogen-bond acceptors (Lipinski definition) is 4. The van der Waals surface area contributed by atoms with Gasteiger partial charge in [0.1, 0.15) is 5.15 Å². The van der Waals surface area contributed by atoms with Crippen molar-refractivity contribution in [2.45, 2.75) is 26.4 Å². The van der Waals surface area contributed by atoms with E-state index in [4.69, 9.17) is 28.2 Å². The molecule has 0 saturated heterocycles. The number of pyridine rings is 1. The number of halogens is 2. The van der Waals surface area contributed by atoms with Crippen LogP contribution in [0.5, 0.6) is 0 Å². The molecule has 6 heteroatoms. The Morgan fingerprint density at radius 1 is 1.00 bits per heavy atom. The summed E-state index contributed by atoms with van der Waals surface area (Å²) in [4.78, 5) is 16.4. The third-order valence-corrected chi connectivity index (χ3v) is 6.09. The summed E-state index contributed by atoms with van der Waals surface area (Å²) >= 11 is 12.5. The van der Waals surface area contributed by atoms with Crippen LogP contribution in [0.25, 0.3) is 22.3 Å². The molecule has 4 aromatic rings. The fourth-order valence-electron chi connectivity index (χ4n) is 3.90. The second-order valence-electron chi connectivity index (χ2n) is 7.77. The predicted molar refractivity (Wildman–Crippen MR) is 122 cm³/mol. The molecule has 30 heavy (non-hydrogen) atoms. The fraction of sp³-hybridized carbons (Fsp3) is 0.208. The molecular formula is C24H20Cl2N4. The second-order valence-corrected chi connectivity index (χ2v) is 8.56. The lowest BCUT2D eigenvalue weighted by Crippen LogP contribution is -2.31. The van der Waals surface area contributed by atoms with Gasteiger partial charge in [-0.25, -0.2) is 15.0 Å². The van der Waals surface area contributed by atoms with Crippen molar-refractivity contribution < 1.29 is 0 Å². The number of aromatic nitrogens is 3. The van der Waals surface area contributed by atoms with E-state index in [9.17, 15) is 0 Å². The summed E-state index contributed by atoms with van der Waals surface area (Å²) in [6, 6.07) is 16.1. The molecular weight excluding hydrogens is 415 g/mol. The van der Waals surface area contributed by atoms with Crippen molar-refractivity contribution in [3.63, 3.8) is 0 Å². The maximum absolute atomic E-state index is 6.50. The average Bonchev–Trinajstić information content (AvgIpc) is 2.74. The Morgan fingerprint density at radius 3 is 2.67 bits per heavy atom. The van der Waals surface area contributed by atoms with Gasteiger partial charge in [0.2, 0.25) is 0 Å². The highest BCUT2D eigenvalue weighted by Gasteiger charge is 2.20. The number of rotatable bonds is 3. The minimum absolute atomic E-state index is 0.577. The summed E-state index contributed by atoms with van der Waals surface area (Å²) in [5.41, 5.74) is 6.44. The Balaban J connectivity index is 1.36. The molecule has 0 fully saturated rings. The van der Waals surface area contributed by atoms with Gasteiger partial charge in [0.25, 0.3) is 0 Å². The van der Waals surface area contributed by atoms with Gasteiger partial charge >= 0.3 is 0 Å². The van der Waals surface area contributed by atoms with E-state index in [2.05, 4.69) is 46.1 Å². The van der Waals surface area contributed by atoms with Crippen molar-refractivity contribution in [2.75, 3.05) is 6.54 Å². The second kappa shape index (κ2) is 7.95. The van der Waals surface area contributed by atoms with Crippen LogP contribution in [-0.4, -0.2) is 26.4 Å². The van der Waals surface area contributed by atoms with Gasteiger partial charge in [0.05, 0.1) is 11.2 Å². The molecule has 1 aliphatic rings. The lowest BCUT2D eigenvalue weighted by Gasteiger charge is -2.28. The van der Waals surface area contributed by atoms with Crippen LogP contribution >= 0.6 is 23.2 Å². The van der Waals surface area contributed by atoms with Gasteiger partial charge in [-0.1, -0.05) is 35.3 Å². The first-order valence-corrected chi connectivity index (χ1v) is 10.7. The highest BCUT2D eigenvalue weighted by molar-refractivity contribution is 6.30. The van der Waals surface area contributed by atoms with Crippen LogP contribution in [0.1, 0.15) is 22.4 Å². The maximum Gasteiger partial charge on any atom is 0.159 e. The molecule has 150 valence electrons. The Kier molecular flexibility index (Phi) is 5.15. The Bertz CT molecular complexity index is 1240. The zero-order chi connectivity index (χ0) is 20.7. The lowest BCUT2D eigenvalue weighted by atomic mass is 10.1. The van der Waals surface area contributed by atoms with Crippen LogP contribution in [0.2, 0.25) is 10.2 Å². The van der Waals surface area contributed by atoms with Gasteiger partial charge in [-0.05, 0) is 48.9 Å². The summed E-state index contributed by atoms with van der Waals surface area (Å²) in [5.74, 6) is 0.746. The van der Waals surface area contributed by atoms with Gasteiger partial charge in [-0.3, -0.25) is 4.90 Å². The molecule has 1 aliphatic heterocycles. The first-order valence-electron chi connectivity index (χ1n) is 9.94. The minimum atomic E-state index is 0.577. The largest absolute Gasteiger partial charge is 0.294 e. The van der Waals surface area contributed by atoms with E-state index in [1.807, 2.05) is 30.5 Å². The number of benzene rings is 2. The fourth-order valence-corrected chi connectivity index (χ4v) is 4.23. The molecule has 2 aromatic carbocycles. The van der Waals surface area contributed by atoms with Crippen molar-refractivity contribution in [1.82, 2.24) is 19.9 Å². The Hall–Kier alpha value is -2.53. The summed E-state index contributed by atoms with van der Waals surface area (Å²) in [6.07, 6.45) is 2.83. The van der Waals surface area contributed by atoms with E-state index in [1.54, 1.807) is 0 Å². The molecule has 0 saturated carbocycles. The quantitative estimate of drug-likeness (QED) is 0.378. The van der Waals surface area contributed by atoms with Crippen LogP contribution in [-0.2, 0) is 19.5 Å². The molecule has 0 radical (unpaired) electrons. The molecule has 5 rings (SSSR count). The van der Waals surface area contributed by atoms with Crippen LogP contribution in [0.4, 0.5) is 0 Å². The maximum atomic E-state index is 6.50. The van der Waals surface area contributed by atoms with Crippen molar-refractivity contribution in [2.24, 2.45) is 0 Å². The Labute approximate surface area is 185 Å². The summed E-state index contributed by atoms with van der Waals surface area (Å²) in [5, 5.41) is 2.41. The topological polar surface area (TPSA) is 41.9 Å². The van der Waals surface area contributed by atoms with Gasteiger partial charge in [-0.15, -0.1) is 0 Å². The van der Waals surface area contributed by atoms with E-state index < -0.39 is 0 Å². The smallest absolute Gasteiger partial charge is 0.159 e. The third-order valence-electron chi connectivity index (χ3n) is 5.51. The van der Waals surface area contributed by atoms with E-state index in [0.717, 1.165) is 59.6 Å². The third kappa shape index (κ3) is 3.91. The monoisotopic (exact) mass is 434 g/mol. The normalized spacial score (nSPS) is 14.1. The van der Waals surface area contributed by atoms with Gasteiger partial charge in [-0.2, -0.15) is 0 Å².